The van der Waals surface area contributed by atoms with Crippen molar-refractivity contribution in [2.75, 3.05) is 27.2 Å². The van der Waals surface area contributed by atoms with Crippen LogP contribution in [-0.4, -0.2) is 38.7 Å². The summed E-state index contributed by atoms with van der Waals surface area (Å²) in [5, 5.41) is 6.36. The van der Waals surface area contributed by atoms with Gasteiger partial charge in [-0.25, -0.2) is 0 Å². The minimum absolute atomic E-state index is 0.0247. The van der Waals surface area contributed by atoms with Gasteiger partial charge in [0.05, 0.1) is 6.54 Å². The van der Waals surface area contributed by atoms with Gasteiger partial charge in [-0.2, -0.15) is 0 Å². The highest BCUT2D eigenvalue weighted by Crippen LogP contribution is 2.15. The molecular weight excluding hydrogens is 310 g/mol. The van der Waals surface area contributed by atoms with Crippen molar-refractivity contribution in [3.8, 4) is 0 Å². The lowest BCUT2D eigenvalue weighted by molar-refractivity contribution is -0.112. The minimum Gasteiger partial charge on any atom is -0.388 e. The monoisotopic (exact) mass is 347 g/mol. The Morgan fingerprint density at radius 2 is 1.96 bits per heavy atom. The molecular formula is C21H37N3O. The van der Waals surface area contributed by atoms with Crippen molar-refractivity contribution in [3.63, 3.8) is 0 Å². The first kappa shape index (κ1) is 23.3. The lowest BCUT2D eigenvalue weighted by Crippen LogP contribution is -2.29. The van der Waals surface area contributed by atoms with Gasteiger partial charge < -0.3 is 10.6 Å². The van der Waals surface area contributed by atoms with Crippen LogP contribution in [0, 0.1) is 11.8 Å². The van der Waals surface area contributed by atoms with Gasteiger partial charge in [0.25, 0.3) is 0 Å². The van der Waals surface area contributed by atoms with Gasteiger partial charge in [-0.15, -0.1) is 0 Å². The second-order valence-electron chi connectivity index (χ2n) is 6.57. The van der Waals surface area contributed by atoms with Gasteiger partial charge in [-0.05, 0) is 44.9 Å². The van der Waals surface area contributed by atoms with E-state index in [1.807, 2.05) is 13.0 Å². The van der Waals surface area contributed by atoms with Crippen LogP contribution in [0.3, 0.4) is 0 Å². The first-order valence-corrected chi connectivity index (χ1v) is 9.31. The number of hydrogen-bond acceptors (Lipinski definition) is 4. The van der Waals surface area contributed by atoms with Gasteiger partial charge in [0.2, 0.25) is 0 Å². The molecule has 0 saturated heterocycles. The van der Waals surface area contributed by atoms with Crippen LogP contribution in [0.5, 0.6) is 0 Å². The lowest BCUT2D eigenvalue weighted by Gasteiger charge is -2.14. The third kappa shape index (κ3) is 9.40. The molecule has 0 aromatic heterocycles. The Morgan fingerprint density at radius 1 is 1.28 bits per heavy atom. The molecule has 0 fully saturated rings. The largest absolute Gasteiger partial charge is 0.388 e. The third-order valence-corrected chi connectivity index (χ3v) is 4.16. The molecule has 0 rings (SSSR count). The van der Waals surface area contributed by atoms with Crippen molar-refractivity contribution < 1.29 is 4.79 Å². The Labute approximate surface area is 154 Å². The zero-order valence-electron chi connectivity index (χ0n) is 17.1. The van der Waals surface area contributed by atoms with Crippen molar-refractivity contribution in [2.24, 2.45) is 16.8 Å². The summed E-state index contributed by atoms with van der Waals surface area (Å²) in [6.07, 6.45) is 10.7. The quantitative estimate of drug-likeness (QED) is 0.416. The van der Waals surface area contributed by atoms with E-state index in [4.69, 9.17) is 0 Å². The van der Waals surface area contributed by atoms with E-state index in [1.54, 1.807) is 14.1 Å². The van der Waals surface area contributed by atoms with Crippen LogP contribution < -0.4 is 10.6 Å². The SMILES string of the molecule is C/C=C(/C(=NC)C(=O)CNC)C(C)/C=C/C=C(\C)NC[C@@H](C)CCC. The molecule has 0 radical (unpaired) electrons. The van der Waals surface area contributed by atoms with Crippen LogP contribution in [0.4, 0.5) is 0 Å². The number of hydrogen-bond donors (Lipinski definition) is 2. The van der Waals surface area contributed by atoms with Gasteiger partial charge in [-0.1, -0.05) is 45.4 Å². The smallest absolute Gasteiger partial charge is 0.194 e. The van der Waals surface area contributed by atoms with Crippen LogP contribution in [0.2, 0.25) is 0 Å². The average molecular weight is 348 g/mol. The van der Waals surface area contributed by atoms with E-state index in [-0.39, 0.29) is 11.7 Å². The standard InChI is InChI=1S/C21H37N3O/c1-8-11-16(3)14-24-18(5)13-10-12-17(4)19(9-2)21(23-7)20(25)15-22-6/h9-10,12-13,16-17,22,24H,8,11,14-15H2,1-7H3/b12-10+,18-13+,19-9+,23-21?/t16-,17?/m0/s1. The fourth-order valence-electron chi connectivity index (χ4n) is 2.73. The van der Waals surface area contributed by atoms with Crippen LogP contribution in [0.15, 0.2) is 40.6 Å². The Balaban J connectivity index is 4.81. The fourth-order valence-corrected chi connectivity index (χ4v) is 2.73. The summed E-state index contributed by atoms with van der Waals surface area (Å²) in [4.78, 5) is 16.4. The third-order valence-electron chi connectivity index (χ3n) is 4.16. The number of nitrogens with one attached hydrogen (secondary N) is 2. The highest BCUT2D eigenvalue weighted by Gasteiger charge is 2.17. The summed E-state index contributed by atoms with van der Waals surface area (Å²) in [7, 11) is 3.44. The minimum atomic E-state index is 0.0247. The molecule has 1 unspecified atom stereocenters. The maximum atomic E-state index is 12.2. The van der Waals surface area contributed by atoms with Crippen LogP contribution >= 0.6 is 0 Å². The first-order valence-electron chi connectivity index (χ1n) is 9.31. The van der Waals surface area contributed by atoms with E-state index in [0.717, 1.165) is 17.8 Å². The lowest BCUT2D eigenvalue weighted by atomic mass is 9.93. The molecule has 0 aliphatic heterocycles. The van der Waals surface area contributed by atoms with E-state index in [0.29, 0.717) is 18.2 Å². The van der Waals surface area contributed by atoms with Crippen molar-refractivity contribution in [1.82, 2.24) is 10.6 Å². The van der Waals surface area contributed by atoms with E-state index >= 15 is 0 Å². The van der Waals surface area contributed by atoms with Gasteiger partial charge in [0.15, 0.2) is 5.78 Å². The molecule has 2 N–H and O–H groups in total. The number of Topliss-reactive ketones (excluding diaryl/α,β-unsaturated/α-hetero) is 1. The van der Waals surface area contributed by atoms with Crippen LogP contribution in [-0.2, 0) is 4.79 Å². The molecule has 4 heteroatoms. The number of rotatable bonds is 12. The number of carbonyl (C=O) groups excluding carboxylic acids is 1. The second-order valence-corrected chi connectivity index (χ2v) is 6.57. The fraction of sp³-hybridized carbons (Fsp3) is 0.619. The predicted octanol–water partition coefficient (Wildman–Crippen LogP) is 3.91. The zero-order chi connectivity index (χ0) is 19.2. The molecule has 25 heavy (non-hydrogen) atoms. The number of likely N-dealkylation sites (N-methyl/N-ethyl adjacent to an activating group) is 1. The molecule has 0 spiro atoms. The molecule has 0 saturated carbocycles. The Morgan fingerprint density at radius 3 is 2.48 bits per heavy atom. The molecule has 0 aliphatic carbocycles. The van der Waals surface area contributed by atoms with Crippen molar-refractivity contribution in [3.05, 3.63) is 35.6 Å². The van der Waals surface area contributed by atoms with Gasteiger partial charge in [0.1, 0.15) is 5.71 Å². The number of carbonyl (C=O) groups is 1. The predicted molar refractivity (Wildman–Crippen MR) is 110 cm³/mol. The molecule has 0 bridgehead atoms. The molecule has 0 aliphatic rings. The van der Waals surface area contributed by atoms with E-state index in [9.17, 15) is 4.79 Å². The van der Waals surface area contributed by atoms with Gasteiger partial charge in [0, 0.05) is 25.2 Å². The maximum absolute atomic E-state index is 12.2. The van der Waals surface area contributed by atoms with Crippen molar-refractivity contribution in [2.45, 2.75) is 47.5 Å². The van der Waals surface area contributed by atoms with Crippen LogP contribution in [0.25, 0.3) is 0 Å². The Bertz CT molecular complexity index is 515. The van der Waals surface area contributed by atoms with E-state index in [1.165, 1.54) is 12.8 Å². The Kier molecular flexibility index (Phi) is 12.7. The summed E-state index contributed by atoms with van der Waals surface area (Å²) in [5.74, 6) is 0.844. The van der Waals surface area contributed by atoms with Gasteiger partial charge >= 0.3 is 0 Å². The van der Waals surface area contributed by atoms with Crippen molar-refractivity contribution in [1.29, 1.82) is 0 Å². The number of ketones is 1. The second kappa shape index (κ2) is 13.6. The normalized spacial score (nSPS) is 16.2. The van der Waals surface area contributed by atoms with Crippen molar-refractivity contribution >= 4 is 11.5 Å². The average Bonchev–Trinajstić information content (AvgIpc) is 2.57. The summed E-state index contributed by atoms with van der Waals surface area (Å²) in [6.45, 7) is 11.9. The topological polar surface area (TPSA) is 53.5 Å². The Hall–Kier alpha value is -1.68. The van der Waals surface area contributed by atoms with Crippen LogP contribution in [0.1, 0.15) is 47.5 Å². The number of nitrogens with zero attached hydrogens (tertiary/aromatic N) is 1. The molecule has 0 aromatic carbocycles. The van der Waals surface area contributed by atoms with E-state index in [2.05, 4.69) is 61.5 Å². The molecule has 0 heterocycles. The highest BCUT2D eigenvalue weighted by molar-refractivity contribution is 6.46. The summed E-state index contributed by atoms with van der Waals surface area (Å²) in [5.41, 5.74) is 2.68. The molecule has 4 nitrogen and oxygen atoms in total. The molecule has 142 valence electrons. The number of aliphatic imine (C=N–C) groups is 1. The first-order chi connectivity index (χ1) is 11.9. The summed E-state index contributed by atoms with van der Waals surface area (Å²) >= 11 is 0. The zero-order valence-corrected chi connectivity index (χ0v) is 17.1. The summed E-state index contributed by atoms with van der Waals surface area (Å²) in [6, 6.07) is 0. The number of allylic oxidation sites excluding steroid dienone is 6. The maximum Gasteiger partial charge on any atom is 0.194 e. The molecule has 2 atom stereocenters. The highest BCUT2D eigenvalue weighted by atomic mass is 16.1. The summed E-state index contributed by atoms with van der Waals surface area (Å²) < 4.78 is 0. The van der Waals surface area contributed by atoms with Gasteiger partial charge in [-0.3, -0.25) is 9.79 Å². The molecule has 0 amide bonds. The molecule has 0 aromatic rings. The van der Waals surface area contributed by atoms with E-state index < -0.39 is 0 Å².